The molecule has 3 aromatic heterocycles. The van der Waals surface area contributed by atoms with Gasteiger partial charge in [0.1, 0.15) is 11.6 Å². The highest BCUT2D eigenvalue weighted by molar-refractivity contribution is 5.83. The van der Waals surface area contributed by atoms with Crippen molar-refractivity contribution in [2.24, 2.45) is 5.73 Å². The van der Waals surface area contributed by atoms with E-state index in [9.17, 15) is 4.39 Å². The van der Waals surface area contributed by atoms with E-state index >= 15 is 0 Å². The number of piperidine rings is 1. The number of fused-ring (bicyclic) bond motifs is 1. The first-order chi connectivity index (χ1) is 17.0. The number of aromatic amines is 1. The molecule has 3 N–H and O–H groups in total. The van der Waals surface area contributed by atoms with E-state index < -0.39 is 5.54 Å². The van der Waals surface area contributed by atoms with Gasteiger partial charge in [-0.15, -0.1) is 0 Å². The zero-order chi connectivity index (χ0) is 24.0. The summed E-state index contributed by atoms with van der Waals surface area (Å²) in [7, 11) is 0. The molecule has 0 radical (unpaired) electrons. The lowest BCUT2D eigenvalue weighted by atomic mass is 9.80. The maximum Gasteiger partial charge on any atom is 0.167 e. The molecule has 0 saturated carbocycles. The van der Waals surface area contributed by atoms with Gasteiger partial charge in [0, 0.05) is 42.3 Å². The minimum atomic E-state index is -0.558. The summed E-state index contributed by atoms with van der Waals surface area (Å²) in [5.41, 5.74) is 9.27. The van der Waals surface area contributed by atoms with Gasteiger partial charge in [-0.25, -0.2) is 9.37 Å². The fourth-order valence-electron chi connectivity index (χ4n) is 5.26. The minimum absolute atomic E-state index is 0.202. The molecule has 4 aromatic rings. The number of anilines is 2. The van der Waals surface area contributed by atoms with Crippen molar-refractivity contribution in [1.29, 1.82) is 0 Å². The van der Waals surface area contributed by atoms with E-state index in [1.807, 2.05) is 18.3 Å². The Morgan fingerprint density at radius 1 is 1.17 bits per heavy atom. The third kappa shape index (κ3) is 3.92. The summed E-state index contributed by atoms with van der Waals surface area (Å²) < 4.78 is 21.2. The molecule has 0 amide bonds. The summed E-state index contributed by atoms with van der Waals surface area (Å²) in [5, 5.41) is 12.6. The lowest BCUT2D eigenvalue weighted by Crippen LogP contribution is -2.49. The molecule has 10 heteroatoms. The number of benzene rings is 1. The highest BCUT2D eigenvalue weighted by atomic mass is 19.1. The molecule has 0 bridgehead atoms. The maximum atomic E-state index is 13.8. The van der Waals surface area contributed by atoms with E-state index in [-0.39, 0.29) is 11.9 Å². The number of nitrogens with two attached hydrogens (primary N) is 1. The first kappa shape index (κ1) is 22.0. The van der Waals surface area contributed by atoms with Crippen molar-refractivity contribution in [1.82, 2.24) is 25.0 Å². The molecule has 1 atom stereocenters. The van der Waals surface area contributed by atoms with Crippen LogP contribution >= 0.6 is 0 Å². The number of hydrogen-bond acceptors (Lipinski definition) is 7. The Kier molecular flexibility index (Phi) is 5.42. The van der Waals surface area contributed by atoms with Crippen molar-refractivity contribution >= 4 is 22.5 Å². The third-order valence-electron chi connectivity index (χ3n) is 7.27. The molecule has 2 aliphatic heterocycles. The zero-order valence-electron chi connectivity index (χ0n) is 19.7. The Morgan fingerprint density at radius 3 is 2.77 bits per heavy atom. The van der Waals surface area contributed by atoms with Crippen LogP contribution in [0.4, 0.5) is 15.9 Å². The Bertz CT molecular complexity index is 1330. The molecule has 1 aromatic carbocycles. The van der Waals surface area contributed by atoms with Crippen LogP contribution < -0.4 is 15.5 Å². The van der Waals surface area contributed by atoms with Crippen molar-refractivity contribution < 1.29 is 9.13 Å². The van der Waals surface area contributed by atoms with Gasteiger partial charge in [-0.05, 0) is 49.6 Å². The summed E-state index contributed by atoms with van der Waals surface area (Å²) in [6.45, 7) is 5.71. The first-order valence-electron chi connectivity index (χ1n) is 12.0. The van der Waals surface area contributed by atoms with E-state index in [1.54, 1.807) is 23.0 Å². The number of halogens is 1. The predicted octanol–water partition coefficient (Wildman–Crippen LogP) is 2.96. The van der Waals surface area contributed by atoms with Crippen LogP contribution in [0, 0.1) is 5.82 Å². The number of nitrogens with one attached hydrogen (secondary N) is 1. The number of aromatic nitrogens is 5. The molecule has 2 aliphatic rings. The predicted molar refractivity (Wildman–Crippen MR) is 132 cm³/mol. The van der Waals surface area contributed by atoms with Gasteiger partial charge in [0.05, 0.1) is 31.6 Å². The Morgan fingerprint density at radius 2 is 2.03 bits per heavy atom. The van der Waals surface area contributed by atoms with Crippen LogP contribution in [-0.2, 0) is 10.3 Å². The fourth-order valence-corrected chi connectivity index (χ4v) is 5.26. The van der Waals surface area contributed by atoms with E-state index in [4.69, 9.17) is 15.5 Å². The molecule has 0 unspecified atom stereocenters. The van der Waals surface area contributed by atoms with Gasteiger partial charge in [0.25, 0.3) is 0 Å². The van der Waals surface area contributed by atoms with Crippen LogP contribution in [0.15, 0.2) is 48.8 Å². The molecular formula is C25H29FN8O. The minimum Gasteiger partial charge on any atom is -0.377 e. The Hall–Kier alpha value is -3.50. The van der Waals surface area contributed by atoms with Crippen molar-refractivity contribution in [2.75, 3.05) is 42.6 Å². The summed E-state index contributed by atoms with van der Waals surface area (Å²) in [5.74, 6) is 1.40. The molecular weight excluding hydrogens is 447 g/mol. The molecule has 35 heavy (non-hydrogen) atoms. The van der Waals surface area contributed by atoms with Gasteiger partial charge < -0.3 is 20.3 Å². The van der Waals surface area contributed by atoms with Crippen molar-refractivity contribution in [2.45, 2.75) is 31.3 Å². The molecule has 0 aliphatic carbocycles. The fraction of sp³-hybridized carbons (Fsp3) is 0.400. The van der Waals surface area contributed by atoms with Gasteiger partial charge in [0.2, 0.25) is 0 Å². The largest absolute Gasteiger partial charge is 0.377 e. The van der Waals surface area contributed by atoms with Crippen LogP contribution in [0.25, 0.3) is 16.9 Å². The second kappa shape index (κ2) is 8.62. The smallest absolute Gasteiger partial charge is 0.167 e. The summed E-state index contributed by atoms with van der Waals surface area (Å²) in [6.07, 6.45) is 5.01. The van der Waals surface area contributed by atoms with Crippen LogP contribution in [0.5, 0.6) is 0 Å². The molecule has 2 saturated heterocycles. The standard InChI is InChI=1S/C25H29FN8O/c1-17-16-35-12-11-33(17)23-14-21(20-15-29-34(24(20)30-23)22-5-8-28-31-22)25(27)6-9-32(10-7-25)19-4-2-3-18(26)13-19/h2-5,8,13-15,17H,6-7,9-12,16,27H2,1H3,(H,28,31)/t17-/m1/s1. The average Bonchev–Trinajstić information content (AvgIpc) is 3.54. The molecule has 0 spiro atoms. The number of H-pyrrole nitrogens is 1. The van der Waals surface area contributed by atoms with E-state index in [0.717, 1.165) is 66.4 Å². The topological polar surface area (TPSA) is 101 Å². The molecule has 9 nitrogen and oxygen atoms in total. The van der Waals surface area contributed by atoms with E-state index in [1.165, 1.54) is 6.07 Å². The number of pyridine rings is 1. The SMILES string of the molecule is C[C@@H]1COCCN1c1cc(C2(N)CCN(c3cccc(F)c3)CC2)c2cnn(-c3ccn[nH]3)c2n1. The third-order valence-corrected chi connectivity index (χ3v) is 7.27. The Labute approximate surface area is 202 Å². The highest BCUT2D eigenvalue weighted by Crippen LogP contribution is 2.38. The monoisotopic (exact) mass is 476 g/mol. The van der Waals surface area contributed by atoms with Gasteiger partial charge in [-0.3, -0.25) is 5.10 Å². The van der Waals surface area contributed by atoms with Gasteiger partial charge in [-0.2, -0.15) is 14.9 Å². The van der Waals surface area contributed by atoms with Crippen LogP contribution in [0.3, 0.4) is 0 Å². The van der Waals surface area contributed by atoms with Crippen molar-refractivity contribution in [3.05, 3.63) is 60.2 Å². The quantitative estimate of drug-likeness (QED) is 0.467. The lowest BCUT2D eigenvalue weighted by molar-refractivity contribution is 0.0985. The molecule has 2 fully saturated rings. The normalized spacial score (nSPS) is 20.5. The van der Waals surface area contributed by atoms with Crippen LogP contribution in [0.2, 0.25) is 0 Å². The second-order valence-electron chi connectivity index (χ2n) is 9.50. The number of morpholine rings is 1. The van der Waals surface area contributed by atoms with Crippen LogP contribution in [-0.4, -0.2) is 63.9 Å². The van der Waals surface area contributed by atoms with Gasteiger partial charge in [0.15, 0.2) is 11.5 Å². The molecule has 6 rings (SSSR count). The van der Waals surface area contributed by atoms with Gasteiger partial charge >= 0.3 is 0 Å². The second-order valence-corrected chi connectivity index (χ2v) is 9.50. The average molecular weight is 477 g/mol. The summed E-state index contributed by atoms with van der Waals surface area (Å²) in [6, 6.07) is 11.0. The molecule has 182 valence electrons. The van der Waals surface area contributed by atoms with E-state index in [2.05, 4.69) is 38.1 Å². The van der Waals surface area contributed by atoms with Gasteiger partial charge in [-0.1, -0.05) is 6.07 Å². The zero-order valence-corrected chi connectivity index (χ0v) is 19.7. The summed E-state index contributed by atoms with van der Waals surface area (Å²) >= 11 is 0. The highest BCUT2D eigenvalue weighted by Gasteiger charge is 2.36. The number of hydrogen-bond donors (Lipinski definition) is 2. The number of rotatable bonds is 4. The van der Waals surface area contributed by atoms with E-state index in [0.29, 0.717) is 13.2 Å². The maximum absolute atomic E-state index is 13.8. The number of ether oxygens (including phenoxy) is 1. The van der Waals surface area contributed by atoms with Crippen LogP contribution in [0.1, 0.15) is 25.3 Å². The first-order valence-corrected chi connectivity index (χ1v) is 12.0. The Balaban J connectivity index is 1.41. The number of nitrogens with zero attached hydrogens (tertiary/aromatic N) is 6. The molecule has 5 heterocycles. The lowest BCUT2D eigenvalue weighted by Gasteiger charge is -2.41. The summed E-state index contributed by atoms with van der Waals surface area (Å²) in [4.78, 5) is 9.52. The van der Waals surface area contributed by atoms with Crippen molar-refractivity contribution in [3.63, 3.8) is 0 Å². The van der Waals surface area contributed by atoms with Crippen molar-refractivity contribution in [3.8, 4) is 5.82 Å².